The Hall–Kier alpha value is -3.25. The fourth-order valence-electron chi connectivity index (χ4n) is 3.61. The molecular formula is C24H26N2O4. The van der Waals surface area contributed by atoms with Crippen LogP contribution in [0.15, 0.2) is 71.3 Å². The second kappa shape index (κ2) is 9.50. The maximum absolute atomic E-state index is 13.0. The lowest BCUT2D eigenvalue weighted by Gasteiger charge is -2.34. The molecule has 0 aliphatic carbocycles. The molecular weight excluding hydrogens is 380 g/mol. The number of carbonyl (C=O) groups excluding carboxylic acids is 1. The number of furan rings is 1. The molecule has 2 aromatic carbocycles. The predicted molar refractivity (Wildman–Crippen MR) is 114 cm³/mol. The van der Waals surface area contributed by atoms with Gasteiger partial charge in [-0.1, -0.05) is 24.3 Å². The van der Waals surface area contributed by atoms with Crippen molar-refractivity contribution in [1.82, 2.24) is 9.80 Å². The minimum Gasteiger partial charge on any atom is -0.493 e. The van der Waals surface area contributed by atoms with Gasteiger partial charge in [0.25, 0.3) is 5.91 Å². The van der Waals surface area contributed by atoms with Crippen LogP contribution in [0.4, 0.5) is 0 Å². The molecule has 156 valence electrons. The summed E-state index contributed by atoms with van der Waals surface area (Å²) in [5.41, 5.74) is 1.64. The highest BCUT2D eigenvalue weighted by Crippen LogP contribution is 2.26. The first-order chi connectivity index (χ1) is 14.7. The third kappa shape index (κ3) is 4.83. The van der Waals surface area contributed by atoms with E-state index in [2.05, 4.69) is 4.90 Å². The van der Waals surface area contributed by atoms with E-state index in [-0.39, 0.29) is 5.91 Å². The quantitative estimate of drug-likeness (QED) is 0.597. The zero-order valence-corrected chi connectivity index (χ0v) is 17.1. The van der Waals surface area contributed by atoms with Crippen LogP contribution in [0.3, 0.4) is 0 Å². The van der Waals surface area contributed by atoms with Crippen LogP contribution in [0, 0.1) is 0 Å². The van der Waals surface area contributed by atoms with Gasteiger partial charge in [-0.15, -0.1) is 0 Å². The van der Waals surface area contributed by atoms with E-state index >= 15 is 0 Å². The molecule has 0 spiro atoms. The first-order valence-electron chi connectivity index (χ1n) is 10.1. The molecule has 1 aliphatic heterocycles. The molecule has 1 aliphatic rings. The number of piperazine rings is 1. The molecule has 4 rings (SSSR count). The molecule has 0 N–H and O–H groups in total. The summed E-state index contributed by atoms with van der Waals surface area (Å²) in [6, 6.07) is 19.1. The third-order valence-electron chi connectivity index (χ3n) is 5.26. The lowest BCUT2D eigenvalue weighted by molar-refractivity contribution is 0.0620. The van der Waals surface area contributed by atoms with Gasteiger partial charge in [-0.3, -0.25) is 9.69 Å². The van der Waals surface area contributed by atoms with Crippen molar-refractivity contribution < 1.29 is 18.7 Å². The molecule has 1 amide bonds. The molecule has 6 heteroatoms. The van der Waals surface area contributed by atoms with Crippen molar-refractivity contribution in [1.29, 1.82) is 0 Å². The molecule has 0 bridgehead atoms. The first kappa shape index (κ1) is 20.0. The van der Waals surface area contributed by atoms with Crippen LogP contribution in [-0.2, 0) is 13.2 Å². The number of rotatable bonds is 7. The van der Waals surface area contributed by atoms with Gasteiger partial charge >= 0.3 is 0 Å². The monoisotopic (exact) mass is 406 g/mol. The predicted octanol–water partition coefficient (Wildman–Crippen LogP) is 3.83. The average Bonchev–Trinajstić information content (AvgIpc) is 3.31. The van der Waals surface area contributed by atoms with Crippen LogP contribution in [0.5, 0.6) is 11.5 Å². The zero-order valence-electron chi connectivity index (χ0n) is 17.1. The number of amides is 1. The Morgan fingerprint density at radius 2 is 1.77 bits per heavy atom. The molecule has 3 aromatic rings. The largest absolute Gasteiger partial charge is 0.493 e. The lowest BCUT2D eigenvalue weighted by Crippen LogP contribution is -2.48. The van der Waals surface area contributed by atoms with Gasteiger partial charge in [0.05, 0.1) is 19.9 Å². The number of para-hydroxylation sites is 2. The van der Waals surface area contributed by atoms with Crippen molar-refractivity contribution >= 4 is 5.91 Å². The molecule has 0 atom stereocenters. The van der Waals surface area contributed by atoms with Crippen molar-refractivity contribution in [2.45, 2.75) is 13.2 Å². The minimum absolute atomic E-state index is 0.0618. The number of ether oxygens (including phenoxy) is 2. The van der Waals surface area contributed by atoms with Crippen LogP contribution < -0.4 is 9.47 Å². The van der Waals surface area contributed by atoms with E-state index in [0.29, 0.717) is 36.8 Å². The summed E-state index contributed by atoms with van der Waals surface area (Å²) < 4.78 is 16.6. The topological polar surface area (TPSA) is 55.2 Å². The molecule has 1 aromatic heterocycles. The molecule has 2 heterocycles. The molecule has 1 fully saturated rings. The van der Waals surface area contributed by atoms with Crippen LogP contribution >= 0.6 is 0 Å². The van der Waals surface area contributed by atoms with Gasteiger partial charge in [0.1, 0.15) is 12.4 Å². The van der Waals surface area contributed by atoms with Gasteiger partial charge in [0, 0.05) is 31.7 Å². The summed E-state index contributed by atoms with van der Waals surface area (Å²) in [6.07, 6.45) is 1.69. The minimum atomic E-state index is 0.0618. The zero-order chi connectivity index (χ0) is 20.8. The molecule has 1 saturated heterocycles. The maximum atomic E-state index is 13.0. The SMILES string of the molecule is COc1ccccc1OCc1cccc(C(=O)N2CCN(Cc3ccco3)CC2)c1. The van der Waals surface area contributed by atoms with E-state index in [1.54, 1.807) is 13.4 Å². The van der Waals surface area contributed by atoms with Crippen molar-refractivity contribution in [2.24, 2.45) is 0 Å². The number of benzene rings is 2. The third-order valence-corrected chi connectivity index (χ3v) is 5.26. The summed E-state index contributed by atoms with van der Waals surface area (Å²) in [5.74, 6) is 2.39. The van der Waals surface area contributed by atoms with Gasteiger partial charge in [0.15, 0.2) is 11.5 Å². The van der Waals surface area contributed by atoms with Crippen molar-refractivity contribution in [3.63, 3.8) is 0 Å². The normalized spacial score (nSPS) is 14.5. The van der Waals surface area contributed by atoms with Crippen LogP contribution in [-0.4, -0.2) is 49.0 Å². The van der Waals surface area contributed by atoms with Crippen LogP contribution in [0.1, 0.15) is 21.7 Å². The van der Waals surface area contributed by atoms with E-state index in [1.165, 1.54) is 0 Å². The Labute approximate surface area is 176 Å². The van der Waals surface area contributed by atoms with Crippen LogP contribution in [0.2, 0.25) is 0 Å². The van der Waals surface area contributed by atoms with Gasteiger partial charge in [-0.05, 0) is 42.0 Å². The maximum Gasteiger partial charge on any atom is 0.253 e. The summed E-state index contributed by atoms with van der Waals surface area (Å²) >= 11 is 0. The van der Waals surface area contributed by atoms with Gasteiger partial charge in [0.2, 0.25) is 0 Å². The van der Waals surface area contributed by atoms with Crippen molar-refractivity contribution in [3.8, 4) is 11.5 Å². The second-order valence-electron chi connectivity index (χ2n) is 7.29. The standard InChI is InChI=1S/C24H26N2O4/c1-28-22-9-2-3-10-23(22)30-18-19-6-4-7-20(16-19)24(27)26-13-11-25(12-14-26)17-21-8-5-15-29-21/h2-10,15-16H,11-14,17-18H2,1H3. The lowest BCUT2D eigenvalue weighted by atomic mass is 10.1. The number of hydrogen-bond acceptors (Lipinski definition) is 5. The van der Waals surface area contributed by atoms with Gasteiger partial charge in [-0.2, -0.15) is 0 Å². The summed E-state index contributed by atoms with van der Waals surface area (Å²) in [7, 11) is 1.62. The Kier molecular flexibility index (Phi) is 6.35. The highest BCUT2D eigenvalue weighted by Gasteiger charge is 2.22. The second-order valence-corrected chi connectivity index (χ2v) is 7.29. The number of nitrogens with zero attached hydrogens (tertiary/aromatic N) is 2. The van der Waals surface area contributed by atoms with E-state index in [9.17, 15) is 4.79 Å². The molecule has 0 saturated carbocycles. The van der Waals surface area contributed by atoms with Gasteiger partial charge < -0.3 is 18.8 Å². The smallest absolute Gasteiger partial charge is 0.253 e. The van der Waals surface area contributed by atoms with E-state index in [1.807, 2.05) is 65.6 Å². The van der Waals surface area contributed by atoms with Crippen molar-refractivity contribution in [2.75, 3.05) is 33.3 Å². The Balaban J connectivity index is 1.33. The Morgan fingerprint density at radius 1 is 0.967 bits per heavy atom. The molecule has 0 radical (unpaired) electrons. The Morgan fingerprint density at radius 3 is 2.50 bits per heavy atom. The van der Waals surface area contributed by atoms with Gasteiger partial charge in [-0.25, -0.2) is 0 Å². The number of methoxy groups -OCH3 is 1. The number of hydrogen-bond donors (Lipinski definition) is 0. The highest BCUT2D eigenvalue weighted by atomic mass is 16.5. The molecule has 0 unspecified atom stereocenters. The van der Waals surface area contributed by atoms with Crippen LogP contribution in [0.25, 0.3) is 0 Å². The summed E-state index contributed by atoms with van der Waals surface area (Å²) in [6.45, 7) is 4.25. The highest BCUT2D eigenvalue weighted by molar-refractivity contribution is 5.94. The Bertz CT molecular complexity index is 963. The summed E-state index contributed by atoms with van der Waals surface area (Å²) in [4.78, 5) is 17.2. The molecule has 30 heavy (non-hydrogen) atoms. The number of carbonyl (C=O) groups is 1. The van der Waals surface area contributed by atoms with Crippen molar-refractivity contribution in [3.05, 3.63) is 83.8 Å². The summed E-state index contributed by atoms with van der Waals surface area (Å²) in [5, 5.41) is 0. The van der Waals surface area contributed by atoms with E-state index in [0.717, 1.165) is 31.0 Å². The van der Waals surface area contributed by atoms with E-state index in [4.69, 9.17) is 13.9 Å². The molecule has 6 nitrogen and oxygen atoms in total. The fourth-order valence-corrected chi connectivity index (χ4v) is 3.61. The van der Waals surface area contributed by atoms with E-state index < -0.39 is 0 Å². The first-order valence-corrected chi connectivity index (χ1v) is 10.1. The average molecular weight is 406 g/mol. The fraction of sp³-hybridized carbons (Fsp3) is 0.292.